The Bertz CT molecular complexity index is 934. The van der Waals surface area contributed by atoms with E-state index in [1.165, 1.54) is 13.4 Å². The van der Waals surface area contributed by atoms with E-state index in [4.69, 9.17) is 25.1 Å². The van der Waals surface area contributed by atoms with E-state index in [-0.39, 0.29) is 12.5 Å². The molecular formula is C18H20N4O5. The van der Waals surface area contributed by atoms with Gasteiger partial charge in [-0.3, -0.25) is 9.59 Å². The summed E-state index contributed by atoms with van der Waals surface area (Å²) in [5.74, 6) is -0.0707. The molecule has 0 amide bonds. The third kappa shape index (κ3) is 5.51. The quantitative estimate of drug-likeness (QED) is 0.650. The Labute approximate surface area is 155 Å². The molecule has 2 heterocycles. The lowest BCUT2D eigenvalue weighted by atomic mass is 10.2. The van der Waals surface area contributed by atoms with Crippen LogP contribution in [0.3, 0.4) is 0 Å². The molecule has 0 saturated heterocycles. The molecule has 0 bridgehead atoms. The lowest BCUT2D eigenvalue weighted by Gasteiger charge is -2.08. The number of hydrogen-bond acceptors (Lipinski definition) is 7. The third-order valence-electron chi connectivity index (χ3n) is 3.42. The van der Waals surface area contributed by atoms with Gasteiger partial charge >= 0.3 is 5.97 Å². The summed E-state index contributed by atoms with van der Waals surface area (Å²) >= 11 is 0. The number of carbonyl (C=O) groups excluding carboxylic acids is 1. The molecule has 0 aliphatic rings. The molecule has 9 nitrogen and oxygen atoms in total. The molecule has 27 heavy (non-hydrogen) atoms. The molecule has 0 aliphatic heterocycles. The molecule has 2 aromatic heterocycles. The van der Waals surface area contributed by atoms with Gasteiger partial charge in [-0.15, -0.1) is 0 Å². The third-order valence-corrected chi connectivity index (χ3v) is 3.42. The fraction of sp³-hybridized carbons (Fsp3) is 0.222. The molecule has 142 valence electrons. The Kier molecular flexibility index (Phi) is 6.84. The zero-order chi connectivity index (χ0) is 19.8. The zero-order valence-electron chi connectivity index (χ0n) is 15.0. The zero-order valence-corrected chi connectivity index (χ0v) is 15.0. The molecule has 1 aromatic carbocycles. The summed E-state index contributed by atoms with van der Waals surface area (Å²) < 4.78 is 12.4. The van der Waals surface area contributed by atoms with Crippen LogP contribution in [0.1, 0.15) is 12.6 Å². The summed E-state index contributed by atoms with van der Waals surface area (Å²) in [6, 6.07) is 9.20. The molecule has 0 spiro atoms. The summed E-state index contributed by atoms with van der Waals surface area (Å²) in [5.41, 5.74) is 7.15. The molecule has 3 rings (SSSR count). The highest BCUT2D eigenvalue weighted by Crippen LogP contribution is 2.30. The minimum absolute atomic E-state index is 0.147. The maximum atomic E-state index is 11.5. The van der Waals surface area contributed by atoms with E-state index in [2.05, 4.69) is 9.97 Å². The summed E-state index contributed by atoms with van der Waals surface area (Å²) in [6.45, 7) is 1.55. The highest BCUT2D eigenvalue weighted by Gasteiger charge is 2.11. The average molecular weight is 372 g/mol. The van der Waals surface area contributed by atoms with Crippen LogP contribution >= 0.6 is 0 Å². The molecule has 9 heteroatoms. The Morgan fingerprint density at radius 1 is 1.26 bits per heavy atom. The average Bonchev–Trinajstić information content (AvgIpc) is 3.05. The topological polar surface area (TPSA) is 130 Å². The van der Waals surface area contributed by atoms with Crippen LogP contribution in [0.2, 0.25) is 0 Å². The van der Waals surface area contributed by atoms with E-state index < -0.39 is 5.97 Å². The smallest absolute Gasteiger partial charge is 0.325 e. The van der Waals surface area contributed by atoms with Crippen molar-refractivity contribution in [2.75, 3.05) is 7.11 Å². The van der Waals surface area contributed by atoms with Gasteiger partial charge in [-0.05, 0) is 18.2 Å². The van der Waals surface area contributed by atoms with Crippen LogP contribution in [0.25, 0.3) is 10.9 Å². The molecule has 3 N–H and O–H groups in total. The first kappa shape index (κ1) is 19.9. The van der Waals surface area contributed by atoms with E-state index in [1.807, 2.05) is 30.5 Å². The molecule has 0 fully saturated rings. The van der Waals surface area contributed by atoms with E-state index in [9.17, 15) is 4.79 Å². The van der Waals surface area contributed by atoms with E-state index in [0.717, 1.165) is 17.8 Å². The number of aliphatic carboxylic acids is 1. The molecule has 0 aliphatic carbocycles. The minimum atomic E-state index is -0.833. The minimum Gasteiger partial charge on any atom is -0.481 e. The number of hydrogen-bond donors (Lipinski definition) is 2. The lowest BCUT2D eigenvalue weighted by molar-refractivity contribution is -0.141. The van der Waals surface area contributed by atoms with Gasteiger partial charge in [-0.1, -0.05) is 6.07 Å². The van der Waals surface area contributed by atoms with Gasteiger partial charge in [0.2, 0.25) is 5.88 Å². The van der Waals surface area contributed by atoms with Gasteiger partial charge in [0.05, 0.1) is 18.3 Å². The number of methoxy groups -OCH3 is 1. The van der Waals surface area contributed by atoms with Crippen LogP contribution in [0, 0.1) is 0 Å². The van der Waals surface area contributed by atoms with Crippen LogP contribution < -0.4 is 10.5 Å². The van der Waals surface area contributed by atoms with Gasteiger partial charge in [0.15, 0.2) is 0 Å². The van der Waals surface area contributed by atoms with Gasteiger partial charge in [0.25, 0.3) is 5.97 Å². The van der Waals surface area contributed by atoms with Crippen LogP contribution in [-0.4, -0.2) is 38.7 Å². The Hall–Kier alpha value is -3.46. The highest BCUT2D eigenvalue weighted by molar-refractivity contribution is 5.87. The van der Waals surface area contributed by atoms with Gasteiger partial charge in [0.1, 0.15) is 18.6 Å². The van der Waals surface area contributed by atoms with E-state index >= 15 is 0 Å². The Morgan fingerprint density at radius 2 is 2.00 bits per heavy atom. The predicted molar refractivity (Wildman–Crippen MR) is 97.3 cm³/mol. The predicted octanol–water partition coefficient (Wildman–Crippen LogP) is 1.95. The second-order valence-electron chi connectivity index (χ2n) is 5.38. The normalized spacial score (nSPS) is 10.0. The summed E-state index contributed by atoms with van der Waals surface area (Å²) in [4.78, 5) is 28.6. The number of rotatable bonds is 5. The first-order valence-electron chi connectivity index (χ1n) is 7.97. The first-order chi connectivity index (χ1) is 12.9. The number of fused-ring (bicyclic) bond motifs is 1. The fourth-order valence-corrected chi connectivity index (χ4v) is 2.28. The summed E-state index contributed by atoms with van der Waals surface area (Å²) in [6.07, 6.45) is 3.24. The van der Waals surface area contributed by atoms with Crippen molar-refractivity contribution in [2.45, 2.75) is 20.0 Å². The largest absolute Gasteiger partial charge is 0.481 e. The van der Waals surface area contributed by atoms with Crippen LogP contribution in [-0.2, 0) is 27.4 Å². The van der Waals surface area contributed by atoms with Crippen LogP contribution in [0.5, 0.6) is 11.6 Å². The molecule has 0 unspecified atom stereocenters. The summed E-state index contributed by atoms with van der Waals surface area (Å²) in [7, 11) is 1.37. The molecule has 0 atom stereocenters. The number of aromatic nitrogens is 3. The van der Waals surface area contributed by atoms with Crippen LogP contribution in [0.15, 0.2) is 42.9 Å². The molecule has 0 radical (unpaired) electrons. The molecule has 3 aromatic rings. The van der Waals surface area contributed by atoms with Crippen molar-refractivity contribution >= 4 is 22.8 Å². The molecule has 0 saturated carbocycles. The number of esters is 1. The van der Waals surface area contributed by atoms with Crippen molar-refractivity contribution in [1.29, 1.82) is 0 Å². The van der Waals surface area contributed by atoms with Gasteiger partial charge < -0.3 is 24.9 Å². The van der Waals surface area contributed by atoms with Crippen molar-refractivity contribution in [2.24, 2.45) is 5.73 Å². The second kappa shape index (κ2) is 9.30. The monoisotopic (exact) mass is 372 g/mol. The van der Waals surface area contributed by atoms with Gasteiger partial charge in [-0.2, -0.15) is 0 Å². The molecular weight excluding hydrogens is 352 g/mol. The maximum Gasteiger partial charge on any atom is 0.325 e. The standard InChI is InChI=1S/C16H16N4O3.C2H4O2/c1-22-16(21)9-20-6-5-12-13(20)3-2-4-14(12)23-15-7-11(8-17)18-10-19-15;1-2(3)4/h2-7,10H,8-9,17H2,1H3;1H3,(H,3,4). The van der Waals surface area contributed by atoms with E-state index in [0.29, 0.717) is 23.9 Å². The highest BCUT2D eigenvalue weighted by atomic mass is 16.5. The second-order valence-corrected chi connectivity index (χ2v) is 5.38. The SMILES string of the molecule is CC(=O)O.COC(=O)Cn1ccc2c(Oc3cc(CN)ncn3)cccc21. The number of carbonyl (C=O) groups is 2. The number of benzene rings is 1. The van der Waals surface area contributed by atoms with Crippen molar-refractivity contribution < 1.29 is 24.2 Å². The number of carboxylic acid groups (broad SMARTS) is 1. The summed E-state index contributed by atoms with van der Waals surface area (Å²) in [5, 5.41) is 8.30. The number of carboxylic acids is 1. The van der Waals surface area contributed by atoms with Gasteiger partial charge in [-0.25, -0.2) is 9.97 Å². The van der Waals surface area contributed by atoms with Crippen molar-refractivity contribution in [3.8, 4) is 11.6 Å². The lowest BCUT2D eigenvalue weighted by Crippen LogP contribution is -2.10. The van der Waals surface area contributed by atoms with Crippen molar-refractivity contribution in [1.82, 2.24) is 14.5 Å². The Balaban J connectivity index is 0.000000596. The van der Waals surface area contributed by atoms with E-state index in [1.54, 1.807) is 10.6 Å². The Morgan fingerprint density at radius 3 is 2.67 bits per heavy atom. The number of nitrogens with two attached hydrogens (primary N) is 1. The first-order valence-corrected chi connectivity index (χ1v) is 7.97. The maximum absolute atomic E-state index is 11.5. The van der Waals surface area contributed by atoms with Crippen molar-refractivity contribution in [3.63, 3.8) is 0 Å². The number of ether oxygens (including phenoxy) is 2. The van der Waals surface area contributed by atoms with Crippen molar-refractivity contribution in [3.05, 3.63) is 48.5 Å². The number of nitrogens with zero attached hydrogens (tertiary/aromatic N) is 3. The van der Waals surface area contributed by atoms with Crippen LogP contribution in [0.4, 0.5) is 0 Å². The van der Waals surface area contributed by atoms with Gasteiger partial charge in [0, 0.05) is 31.1 Å². The fourth-order valence-electron chi connectivity index (χ4n) is 2.28.